The fourth-order valence-electron chi connectivity index (χ4n) is 1.03. The molecule has 0 unspecified atom stereocenters. The molecule has 0 radical (unpaired) electrons. The molecule has 0 spiro atoms. The van der Waals surface area contributed by atoms with E-state index in [0.29, 0.717) is 6.61 Å². The molecule has 0 aliphatic rings. The fraction of sp³-hybridized carbons (Fsp3) is 0.400. The molecule has 1 rings (SSSR count). The summed E-state index contributed by atoms with van der Waals surface area (Å²) in [5, 5.41) is 0. The van der Waals surface area contributed by atoms with Crippen LogP contribution in [0.15, 0.2) is 24.3 Å². The zero-order valence-electron chi connectivity index (χ0n) is 7.96. The van der Waals surface area contributed by atoms with Crippen molar-refractivity contribution in [3.05, 3.63) is 24.3 Å². The summed E-state index contributed by atoms with van der Waals surface area (Å²) in [6.45, 7) is 2.70. The van der Waals surface area contributed by atoms with Gasteiger partial charge in [-0.2, -0.15) is 0 Å². The SMILES string of the molecule is CCOc1ccc(N(C)CBr)cc1. The first kappa shape index (κ1) is 10.4. The normalized spacial score (nSPS) is 9.77. The lowest BCUT2D eigenvalue weighted by Crippen LogP contribution is -2.13. The van der Waals surface area contributed by atoms with Gasteiger partial charge in [-0.1, -0.05) is 15.9 Å². The predicted molar refractivity (Wildman–Crippen MR) is 59.8 cm³/mol. The van der Waals surface area contributed by atoms with Crippen LogP contribution in [0.3, 0.4) is 0 Å². The molecule has 0 atom stereocenters. The van der Waals surface area contributed by atoms with Gasteiger partial charge in [0.15, 0.2) is 0 Å². The molecule has 72 valence electrons. The van der Waals surface area contributed by atoms with Gasteiger partial charge in [-0.05, 0) is 31.2 Å². The third-order valence-electron chi connectivity index (χ3n) is 1.77. The molecule has 1 aromatic rings. The van der Waals surface area contributed by atoms with Crippen molar-refractivity contribution in [3.8, 4) is 5.75 Å². The summed E-state index contributed by atoms with van der Waals surface area (Å²) in [4.78, 5) is 2.11. The Morgan fingerprint density at radius 3 is 2.38 bits per heavy atom. The molecule has 0 bridgehead atoms. The zero-order valence-corrected chi connectivity index (χ0v) is 9.54. The zero-order chi connectivity index (χ0) is 9.68. The molecule has 1 aromatic carbocycles. The molecule has 0 aliphatic carbocycles. The van der Waals surface area contributed by atoms with Gasteiger partial charge in [0.2, 0.25) is 0 Å². The van der Waals surface area contributed by atoms with E-state index in [0.717, 1.165) is 11.2 Å². The van der Waals surface area contributed by atoms with Crippen molar-refractivity contribution in [2.75, 3.05) is 24.0 Å². The maximum absolute atomic E-state index is 5.34. The summed E-state index contributed by atoms with van der Waals surface area (Å²) in [6, 6.07) is 8.06. The van der Waals surface area contributed by atoms with E-state index in [-0.39, 0.29) is 0 Å². The largest absolute Gasteiger partial charge is 0.494 e. The van der Waals surface area contributed by atoms with Gasteiger partial charge in [-0.3, -0.25) is 0 Å². The van der Waals surface area contributed by atoms with Crippen LogP contribution in [0.25, 0.3) is 0 Å². The molecule has 0 fully saturated rings. The monoisotopic (exact) mass is 243 g/mol. The van der Waals surface area contributed by atoms with Crippen molar-refractivity contribution in [1.29, 1.82) is 0 Å². The first-order valence-electron chi connectivity index (χ1n) is 4.28. The molecule has 13 heavy (non-hydrogen) atoms. The van der Waals surface area contributed by atoms with Crippen LogP contribution in [0.2, 0.25) is 0 Å². The Balaban J connectivity index is 2.69. The second-order valence-corrected chi connectivity index (χ2v) is 3.25. The van der Waals surface area contributed by atoms with Gasteiger partial charge in [0, 0.05) is 12.7 Å². The second kappa shape index (κ2) is 5.12. The van der Waals surface area contributed by atoms with Crippen LogP contribution in [0.5, 0.6) is 5.75 Å². The van der Waals surface area contributed by atoms with Crippen molar-refractivity contribution in [2.45, 2.75) is 6.92 Å². The van der Waals surface area contributed by atoms with Crippen LogP contribution in [0.1, 0.15) is 6.92 Å². The van der Waals surface area contributed by atoms with Crippen molar-refractivity contribution < 1.29 is 4.74 Å². The lowest BCUT2D eigenvalue weighted by atomic mass is 10.3. The van der Waals surface area contributed by atoms with Crippen LogP contribution < -0.4 is 9.64 Å². The van der Waals surface area contributed by atoms with Crippen molar-refractivity contribution in [3.63, 3.8) is 0 Å². The molecule has 0 amide bonds. The summed E-state index contributed by atoms with van der Waals surface area (Å²) >= 11 is 3.40. The van der Waals surface area contributed by atoms with Gasteiger partial charge in [0.1, 0.15) is 5.75 Å². The number of anilines is 1. The van der Waals surface area contributed by atoms with Crippen LogP contribution in [0.4, 0.5) is 5.69 Å². The van der Waals surface area contributed by atoms with E-state index >= 15 is 0 Å². The van der Waals surface area contributed by atoms with Gasteiger partial charge in [-0.15, -0.1) is 0 Å². The summed E-state index contributed by atoms with van der Waals surface area (Å²) in [6.07, 6.45) is 0. The number of nitrogens with zero attached hydrogens (tertiary/aromatic N) is 1. The Morgan fingerprint density at radius 1 is 1.31 bits per heavy atom. The van der Waals surface area contributed by atoms with Gasteiger partial charge < -0.3 is 9.64 Å². The standard InChI is InChI=1S/C10H14BrNO/c1-3-13-10-6-4-9(5-7-10)12(2)8-11/h4-7H,3,8H2,1-2H3. The molecule has 2 nitrogen and oxygen atoms in total. The summed E-state index contributed by atoms with van der Waals surface area (Å²) < 4.78 is 5.34. The molecule has 0 aliphatic heterocycles. The number of rotatable bonds is 4. The molecular weight excluding hydrogens is 230 g/mol. The highest BCUT2D eigenvalue weighted by Gasteiger charge is 1.98. The summed E-state index contributed by atoms with van der Waals surface area (Å²) in [5.41, 5.74) is 2.02. The van der Waals surface area contributed by atoms with E-state index < -0.39 is 0 Å². The molecule has 0 heterocycles. The quantitative estimate of drug-likeness (QED) is 0.596. The summed E-state index contributed by atoms with van der Waals surface area (Å²) in [5.74, 6) is 0.925. The van der Waals surface area contributed by atoms with Crippen molar-refractivity contribution >= 4 is 21.6 Å². The Kier molecular flexibility index (Phi) is 4.09. The van der Waals surface area contributed by atoms with E-state index in [2.05, 4.69) is 20.8 Å². The van der Waals surface area contributed by atoms with E-state index in [1.54, 1.807) is 0 Å². The third-order valence-corrected chi connectivity index (χ3v) is 2.52. The maximum Gasteiger partial charge on any atom is 0.119 e. The Bertz CT molecular complexity index is 248. The van der Waals surface area contributed by atoms with Gasteiger partial charge in [0.05, 0.1) is 12.1 Å². The van der Waals surface area contributed by atoms with E-state index in [1.807, 2.05) is 38.2 Å². The highest BCUT2D eigenvalue weighted by molar-refractivity contribution is 9.09. The average Bonchev–Trinajstić information content (AvgIpc) is 2.18. The van der Waals surface area contributed by atoms with Gasteiger partial charge in [0.25, 0.3) is 0 Å². The number of benzene rings is 1. The minimum absolute atomic E-state index is 0.716. The Labute approximate surface area is 87.6 Å². The van der Waals surface area contributed by atoms with Crippen LogP contribution >= 0.6 is 15.9 Å². The molecule has 3 heteroatoms. The van der Waals surface area contributed by atoms with Crippen molar-refractivity contribution in [2.24, 2.45) is 0 Å². The van der Waals surface area contributed by atoms with Crippen LogP contribution in [-0.4, -0.2) is 19.1 Å². The second-order valence-electron chi connectivity index (χ2n) is 2.74. The molecule has 0 saturated carbocycles. The first-order valence-corrected chi connectivity index (χ1v) is 5.40. The summed E-state index contributed by atoms with van der Waals surface area (Å²) in [7, 11) is 2.03. The number of hydrogen-bond acceptors (Lipinski definition) is 2. The minimum atomic E-state index is 0.716. The van der Waals surface area contributed by atoms with E-state index in [1.165, 1.54) is 5.69 Å². The Morgan fingerprint density at radius 2 is 1.92 bits per heavy atom. The smallest absolute Gasteiger partial charge is 0.119 e. The number of ether oxygens (including phenoxy) is 1. The van der Waals surface area contributed by atoms with E-state index in [4.69, 9.17) is 4.74 Å². The maximum atomic E-state index is 5.34. The topological polar surface area (TPSA) is 12.5 Å². The molecule has 0 aromatic heterocycles. The highest BCUT2D eigenvalue weighted by atomic mass is 79.9. The molecular formula is C10H14BrNO. The minimum Gasteiger partial charge on any atom is -0.494 e. The predicted octanol–water partition coefficient (Wildman–Crippen LogP) is 2.87. The van der Waals surface area contributed by atoms with Gasteiger partial charge >= 0.3 is 0 Å². The number of alkyl halides is 1. The van der Waals surface area contributed by atoms with Gasteiger partial charge in [-0.25, -0.2) is 0 Å². The molecule has 0 saturated heterocycles. The lowest BCUT2D eigenvalue weighted by Gasteiger charge is -2.15. The van der Waals surface area contributed by atoms with E-state index in [9.17, 15) is 0 Å². The van der Waals surface area contributed by atoms with Crippen LogP contribution in [-0.2, 0) is 0 Å². The average molecular weight is 244 g/mol. The highest BCUT2D eigenvalue weighted by Crippen LogP contribution is 2.18. The van der Waals surface area contributed by atoms with Crippen molar-refractivity contribution in [1.82, 2.24) is 0 Å². The Hall–Kier alpha value is -0.700. The third kappa shape index (κ3) is 2.92. The fourth-order valence-corrected chi connectivity index (χ4v) is 1.32. The number of halogens is 1. The number of hydrogen-bond donors (Lipinski definition) is 0. The lowest BCUT2D eigenvalue weighted by molar-refractivity contribution is 0.340. The van der Waals surface area contributed by atoms with Crippen LogP contribution in [0, 0.1) is 0 Å². The first-order chi connectivity index (χ1) is 6.27. The molecule has 0 N–H and O–H groups in total.